The summed E-state index contributed by atoms with van der Waals surface area (Å²) in [5.41, 5.74) is 2.24. The predicted octanol–water partition coefficient (Wildman–Crippen LogP) is 2.67. The van der Waals surface area contributed by atoms with Crippen LogP contribution in [0.25, 0.3) is 21.6 Å². The number of nitrogens with one attached hydrogen (secondary N) is 1. The minimum absolute atomic E-state index is 0.0874. The van der Waals surface area contributed by atoms with Gasteiger partial charge in [0, 0.05) is 54.9 Å². The van der Waals surface area contributed by atoms with Crippen LogP contribution in [0.15, 0.2) is 54.2 Å². The van der Waals surface area contributed by atoms with E-state index in [4.69, 9.17) is 0 Å². The number of amides is 2. The zero-order valence-electron chi connectivity index (χ0n) is 17.9. The minimum atomic E-state index is -0.626. The lowest BCUT2D eigenvalue weighted by Crippen LogP contribution is -2.52. The highest BCUT2D eigenvalue weighted by atomic mass is 32.1. The van der Waals surface area contributed by atoms with Crippen molar-refractivity contribution in [2.24, 2.45) is 0 Å². The highest BCUT2D eigenvalue weighted by Crippen LogP contribution is 2.30. The molecule has 1 saturated heterocycles. The summed E-state index contributed by atoms with van der Waals surface area (Å²) < 4.78 is 0. The number of hydrogen-bond acceptors (Lipinski definition) is 7. The Morgan fingerprint density at radius 3 is 2.44 bits per heavy atom. The number of aromatic nitrogens is 3. The third-order valence-electron chi connectivity index (χ3n) is 5.76. The van der Waals surface area contributed by atoms with Crippen molar-refractivity contribution in [3.63, 3.8) is 0 Å². The molecule has 5 rings (SSSR count). The number of H-pyrrole nitrogens is 1. The van der Waals surface area contributed by atoms with Gasteiger partial charge in [0.15, 0.2) is 6.29 Å². The Balaban J connectivity index is 1.32. The fourth-order valence-corrected chi connectivity index (χ4v) is 4.75. The highest BCUT2D eigenvalue weighted by molar-refractivity contribution is 7.13. The molecule has 1 N–H and O–H groups in total. The first-order valence-corrected chi connectivity index (χ1v) is 11.5. The van der Waals surface area contributed by atoms with Crippen molar-refractivity contribution in [2.75, 3.05) is 26.2 Å². The van der Waals surface area contributed by atoms with Crippen LogP contribution in [-0.4, -0.2) is 74.8 Å². The van der Waals surface area contributed by atoms with E-state index in [1.165, 1.54) is 22.4 Å². The summed E-state index contributed by atoms with van der Waals surface area (Å²) in [4.78, 5) is 64.4. The van der Waals surface area contributed by atoms with E-state index >= 15 is 0 Å². The minimum Gasteiger partial charge on any atom is -0.359 e. The molecule has 10 heteroatoms. The van der Waals surface area contributed by atoms with Crippen molar-refractivity contribution in [3.8, 4) is 10.7 Å². The van der Waals surface area contributed by atoms with Crippen LogP contribution < -0.4 is 0 Å². The lowest BCUT2D eigenvalue weighted by molar-refractivity contribution is -0.127. The van der Waals surface area contributed by atoms with Crippen molar-refractivity contribution < 1.29 is 19.2 Å². The number of piperazine rings is 1. The second-order valence-electron chi connectivity index (χ2n) is 7.76. The third kappa shape index (κ3) is 3.88. The summed E-state index contributed by atoms with van der Waals surface area (Å²) in [6, 6.07) is 10.7. The summed E-state index contributed by atoms with van der Waals surface area (Å²) in [7, 11) is 0. The molecule has 34 heavy (non-hydrogen) atoms. The number of rotatable bonds is 5. The van der Waals surface area contributed by atoms with Gasteiger partial charge in [-0.2, -0.15) is 0 Å². The molecule has 1 aliphatic heterocycles. The number of carbonyl (C=O) groups excluding carboxylic acids is 4. The second kappa shape index (κ2) is 8.99. The van der Waals surface area contributed by atoms with Gasteiger partial charge in [-0.1, -0.05) is 18.2 Å². The van der Waals surface area contributed by atoms with Gasteiger partial charge in [-0.05, 0) is 18.2 Å². The van der Waals surface area contributed by atoms with E-state index in [1.807, 2.05) is 18.2 Å². The van der Waals surface area contributed by atoms with Crippen molar-refractivity contribution in [1.29, 1.82) is 0 Å². The zero-order chi connectivity index (χ0) is 23.7. The summed E-state index contributed by atoms with van der Waals surface area (Å²) in [5.74, 6) is -1.32. The van der Waals surface area contributed by atoms with Gasteiger partial charge in [0.25, 0.3) is 17.6 Å². The number of pyridine rings is 1. The van der Waals surface area contributed by atoms with Gasteiger partial charge >= 0.3 is 0 Å². The molecule has 0 aliphatic carbocycles. The van der Waals surface area contributed by atoms with Gasteiger partial charge in [-0.15, -0.1) is 11.3 Å². The molecule has 1 aliphatic rings. The van der Waals surface area contributed by atoms with Crippen LogP contribution in [0.1, 0.15) is 31.2 Å². The number of carbonyl (C=O) groups is 4. The molecular weight excluding hydrogens is 454 g/mol. The molecule has 0 radical (unpaired) electrons. The fourth-order valence-electron chi connectivity index (χ4n) is 3.99. The van der Waals surface area contributed by atoms with E-state index < -0.39 is 11.7 Å². The summed E-state index contributed by atoms with van der Waals surface area (Å²) >= 11 is 1.27. The lowest BCUT2D eigenvalue weighted by Gasteiger charge is -2.34. The summed E-state index contributed by atoms with van der Waals surface area (Å²) in [6.07, 6.45) is 3.71. The predicted molar refractivity (Wildman–Crippen MR) is 126 cm³/mol. The van der Waals surface area contributed by atoms with Crippen LogP contribution in [0.5, 0.6) is 0 Å². The maximum absolute atomic E-state index is 13.1. The third-order valence-corrected chi connectivity index (χ3v) is 6.63. The molecule has 9 nitrogen and oxygen atoms in total. The van der Waals surface area contributed by atoms with Crippen LogP contribution in [0.3, 0.4) is 0 Å². The van der Waals surface area contributed by atoms with E-state index in [0.29, 0.717) is 52.2 Å². The quantitative estimate of drug-likeness (QED) is 0.271. The van der Waals surface area contributed by atoms with Gasteiger partial charge in [-0.3, -0.25) is 24.2 Å². The summed E-state index contributed by atoms with van der Waals surface area (Å²) in [6.45, 7) is 1.29. The molecule has 4 aromatic rings. The second-order valence-corrected chi connectivity index (χ2v) is 8.62. The molecule has 1 aromatic carbocycles. The zero-order valence-corrected chi connectivity index (χ0v) is 18.7. The van der Waals surface area contributed by atoms with Gasteiger partial charge < -0.3 is 14.8 Å². The number of aldehydes is 1. The highest BCUT2D eigenvalue weighted by Gasteiger charge is 2.30. The molecule has 170 valence electrons. The van der Waals surface area contributed by atoms with Gasteiger partial charge in [-0.25, -0.2) is 4.98 Å². The van der Waals surface area contributed by atoms with E-state index in [9.17, 15) is 19.2 Å². The molecule has 3 aromatic heterocycles. The molecule has 4 heterocycles. The molecule has 0 bridgehead atoms. The van der Waals surface area contributed by atoms with Crippen molar-refractivity contribution in [1.82, 2.24) is 24.8 Å². The Morgan fingerprint density at radius 1 is 1.00 bits per heavy atom. The molecule has 1 fully saturated rings. The fraction of sp³-hybridized carbons (Fsp3) is 0.167. The van der Waals surface area contributed by atoms with Crippen LogP contribution in [0.2, 0.25) is 0 Å². The van der Waals surface area contributed by atoms with Gasteiger partial charge in [0.05, 0.1) is 11.1 Å². The summed E-state index contributed by atoms with van der Waals surface area (Å²) in [5, 5.41) is 2.73. The number of ketones is 1. The first kappa shape index (κ1) is 21.7. The molecule has 0 spiro atoms. The van der Waals surface area contributed by atoms with Crippen LogP contribution in [-0.2, 0) is 4.79 Å². The topological polar surface area (TPSA) is 116 Å². The first-order chi connectivity index (χ1) is 16.6. The Kier molecular flexibility index (Phi) is 5.72. The average Bonchev–Trinajstić information content (AvgIpc) is 3.55. The van der Waals surface area contributed by atoms with E-state index in [2.05, 4.69) is 15.0 Å². The number of hydrogen-bond donors (Lipinski definition) is 1. The SMILES string of the molecule is O=Cc1csc(-c2nccc3c(C(=O)C(=O)N4CCN(C(=O)c5ccccc5)CC4)c[nH]c23)n1. The molecule has 2 amide bonds. The molecule has 0 saturated carbocycles. The number of aromatic amines is 1. The van der Waals surface area contributed by atoms with E-state index in [1.54, 1.807) is 34.7 Å². The maximum Gasteiger partial charge on any atom is 0.295 e. The van der Waals surface area contributed by atoms with Crippen LogP contribution in [0.4, 0.5) is 0 Å². The number of nitrogens with zero attached hydrogens (tertiary/aromatic N) is 4. The normalized spacial score (nSPS) is 13.8. The largest absolute Gasteiger partial charge is 0.359 e. The van der Waals surface area contributed by atoms with Crippen LogP contribution in [0, 0.1) is 0 Å². The number of benzene rings is 1. The van der Waals surface area contributed by atoms with Crippen molar-refractivity contribution >= 4 is 46.1 Å². The van der Waals surface area contributed by atoms with Crippen molar-refractivity contribution in [2.45, 2.75) is 0 Å². The Bertz CT molecular complexity index is 1400. The van der Waals surface area contributed by atoms with Crippen molar-refractivity contribution in [3.05, 3.63) is 71.0 Å². The molecule has 0 atom stereocenters. The Hall–Kier alpha value is -4.18. The Labute approximate surface area is 198 Å². The lowest BCUT2D eigenvalue weighted by atomic mass is 10.1. The standard InChI is InChI=1S/C24H19N5O4S/c30-13-16-14-34-22(27-16)20-19-17(6-7-25-20)18(12-26-19)21(31)24(33)29-10-8-28(9-11-29)23(32)15-4-2-1-3-5-15/h1-7,12-14,26H,8-11H2. The first-order valence-electron chi connectivity index (χ1n) is 10.6. The Morgan fingerprint density at radius 2 is 1.74 bits per heavy atom. The van der Waals surface area contributed by atoms with E-state index in [0.717, 1.165) is 0 Å². The molecule has 0 unspecified atom stereocenters. The van der Waals surface area contributed by atoms with Gasteiger partial charge in [0.2, 0.25) is 0 Å². The monoisotopic (exact) mass is 473 g/mol. The number of Topliss-reactive ketones (excluding diaryl/α,β-unsaturated/α-hetero) is 1. The maximum atomic E-state index is 13.1. The van der Waals surface area contributed by atoms with E-state index in [-0.39, 0.29) is 24.6 Å². The smallest absolute Gasteiger partial charge is 0.295 e. The molecular formula is C24H19N5O4S. The van der Waals surface area contributed by atoms with Gasteiger partial charge in [0.1, 0.15) is 16.4 Å². The average molecular weight is 474 g/mol. The number of fused-ring (bicyclic) bond motifs is 1. The number of thiazole rings is 1. The van der Waals surface area contributed by atoms with Crippen LogP contribution >= 0.6 is 11.3 Å².